The van der Waals surface area contributed by atoms with Gasteiger partial charge in [-0.3, -0.25) is 4.90 Å². The molecule has 2 atom stereocenters. The number of ether oxygens (including phenoxy) is 1. The maximum atomic E-state index is 12.5. The van der Waals surface area contributed by atoms with Crippen LogP contribution in [-0.4, -0.2) is 24.1 Å². The highest BCUT2D eigenvalue weighted by atomic mass is 16.6. The fourth-order valence-corrected chi connectivity index (χ4v) is 3.51. The summed E-state index contributed by atoms with van der Waals surface area (Å²) in [6.07, 6.45) is 2.34. The molecule has 0 aliphatic carbocycles. The molecule has 3 heteroatoms. The zero-order valence-corrected chi connectivity index (χ0v) is 14.0. The lowest BCUT2D eigenvalue weighted by atomic mass is 9.80. The molecule has 1 heterocycles. The fourth-order valence-electron chi connectivity index (χ4n) is 3.51. The Labute approximate surface area is 143 Å². The molecule has 0 fully saturated rings. The van der Waals surface area contributed by atoms with Crippen LogP contribution in [0.2, 0.25) is 0 Å². The number of benzene rings is 2. The van der Waals surface area contributed by atoms with Crippen molar-refractivity contribution in [2.24, 2.45) is 0 Å². The van der Waals surface area contributed by atoms with E-state index in [1.54, 1.807) is 0 Å². The van der Waals surface area contributed by atoms with E-state index in [-0.39, 0.29) is 18.1 Å². The summed E-state index contributed by atoms with van der Waals surface area (Å²) in [6.45, 7) is 6.71. The average Bonchev–Trinajstić information content (AvgIpc) is 2.63. The minimum atomic E-state index is -0.250. The Morgan fingerprint density at radius 1 is 1.17 bits per heavy atom. The Morgan fingerprint density at radius 2 is 1.83 bits per heavy atom. The zero-order chi connectivity index (χ0) is 16.9. The van der Waals surface area contributed by atoms with Crippen molar-refractivity contribution >= 4 is 6.09 Å². The van der Waals surface area contributed by atoms with Crippen molar-refractivity contribution < 1.29 is 9.53 Å². The molecular weight excluding hydrogens is 298 g/mol. The summed E-state index contributed by atoms with van der Waals surface area (Å²) in [5, 5.41) is 0. The fraction of sp³-hybridized carbons (Fsp3) is 0.286. The molecule has 0 saturated heterocycles. The molecule has 1 aliphatic heterocycles. The third-order valence-electron chi connectivity index (χ3n) is 4.58. The van der Waals surface area contributed by atoms with Gasteiger partial charge in [-0.2, -0.15) is 0 Å². The number of fused-ring (bicyclic) bond motifs is 1. The number of rotatable bonds is 4. The number of hydrogen-bond donors (Lipinski definition) is 0. The Balaban J connectivity index is 2.07. The van der Waals surface area contributed by atoms with Gasteiger partial charge in [-0.05, 0) is 30.0 Å². The Kier molecular flexibility index (Phi) is 4.99. The molecule has 0 bridgehead atoms. The molecule has 2 aromatic carbocycles. The normalized spacial score (nSPS) is 19.5. The van der Waals surface area contributed by atoms with Gasteiger partial charge in [0.15, 0.2) is 0 Å². The summed E-state index contributed by atoms with van der Waals surface area (Å²) in [5.41, 5.74) is 3.69. The maximum Gasteiger partial charge on any atom is 0.410 e. The monoisotopic (exact) mass is 321 g/mol. The van der Waals surface area contributed by atoms with E-state index in [4.69, 9.17) is 4.74 Å². The lowest BCUT2D eigenvalue weighted by Crippen LogP contribution is -2.42. The van der Waals surface area contributed by atoms with E-state index in [2.05, 4.69) is 36.9 Å². The van der Waals surface area contributed by atoms with Crippen LogP contribution in [-0.2, 0) is 4.74 Å². The summed E-state index contributed by atoms with van der Waals surface area (Å²) < 4.78 is 5.31. The third-order valence-corrected chi connectivity index (χ3v) is 4.58. The average molecular weight is 321 g/mol. The van der Waals surface area contributed by atoms with E-state index in [0.29, 0.717) is 13.2 Å². The standard InChI is InChI=1S/C21H23NO2/c1-3-10-20-18-14-9-8-13-17(18)19(16-11-6-5-7-12-16)15-22(20)21(23)24-4-2/h3,5-9,11-14,19-20H,1,4,10,15H2,2H3/t19-,20-/m1/s1. The van der Waals surface area contributed by atoms with Crippen molar-refractivity contribution in [2.45, 2.75) is 25.3 Å². The quantitative estimate of drug-likeness (QED) is 0.749. The van der Waals surface area contributed by atoms with Crippen LogP contribution in [0.25, 0.3) is 0 Å². The smallest absolute Gasteiger partial charge is 0.410 e. The highest BCUT2D eigenvalue weighted by molar-refractivity contribution is 5.69. The van der Waals surface area contributed by atoms with E-state index >= 15 is 0 Å². The maximum absolute atomic E-state index is 12.5. The lowest BCUT2D eigenvalue weighted by Gasteiger charge is -2.40. The van der Waals surface area contributed by atoms with Crippen LogP contribution in [0, 0.1) is 0 Å². The van der Waals surface area contributed by atoms with Crippen LogP contribution >= 0.6 is 0 Å². The van der Waals surface area contributed by atoms with Crippen LogP contribution in [0.5, 0.6) is 0 Å². The first-order chi connectivity index (χ1) is 11.8. The molecule has 1 aliphatic rings. The summed E-state index contributed by atoms with van der Waals surface area (Å²) in [5.74, 6) is 0.160. The molecular formula is C21H23NO2. The van der Waals surface area contributed by atoms with Gasteiger partial charge in [0.05, 0.1) is 12.6 Å². The molecule has 0 aromatic heterocycles. The van der Waals surface area contributed by atoms with Crippen molar-refractivity contribution in [1.29, 1.82) is 0 Å². The van der Waals surface area contributed by atoms with Crippen LogP contribution in [0.4, 0.5) is 4.79 Å². The number of carbonyl (C=O) groups excluding carboxylic acids is 1. The van der Waals surface area contributed by atoms with Gasteiger partial charge in [0, 0.05) is 12.5 Å². The van der Waals surface area contributed by atoms with Gasteiger partial charge in [0.2, 0.25) is 0 Å². The minimum absolute atomic E-state index is 0.0160. The van der Waals surface area contributed by atoms with Gasteiger partial charge in [-0.1, -0.05) is 60.7 Å². The first-order valence-corrected chi connectivity index (χ1v) is 8.44. The van der Waals surface area contributed by atoms with Crippen LogP contribution in [0.1, 0.15) is 42.0 Å². The molecule has 3 nitrogen and oxygen atoms in total. The minimum Gasteiger partial charge on any atom is -0.450 e. The van der Waals surface area contributed by atoms with Crippen LogP contribution < -0.4 is 0 Å². The molecule has 2 aromatic rings. The third kappa shape index (κ3) is 3.07. The molecule has 0 spiro atoms. The van der Waals surface area contributed by atoms with Crippen molar-refractivity contribution in [3.8, 4) is 0 Å². The molecule has 24 heavy (non-hydrogen) atoms. The predicted molar refractivity (Wildman–Crippen MR) is 96.0 cm³/mol. The van der Waals surface area contributed by atoms with E-state index < -0.39 is 0 Å². The number of amides is 1. The highest BCUT2D eigenvalue weighted by Crippen LogP contribution is 2.41. The van der Waals surface area contributed by atoms with Gasteiger partial charge >= 0.3 is 6.09 Å². The topological polar surface area (TPSA) is 29.5 Å². The molecule has 3 rings (SSSR count). The summed E-state index contributed by atoms with van der Waals surface area (Å²) in [6, 6.07) is 18.7. The van der Waals surface area contributed by atoms with Crippen molar-refractivity contribution in [3.63, 3.8) is 0 Å². The SMILES string of the molecule is C=CC[C@@H]1c2ccccc2[C@@H](c2ccccc2)CN1C(=O)OCC. The lowest BCUT2D eigenvalue weighted by molar-refractivity contribution is 0.0843. The summed E-state index contributed by atoms with van der Waals surface area (Å²) >= 11 is 0. The molecule has 0 N–H and O–H groups in total. The molecule has 1 amide bonds. The van der Waals surface area contributed by atoms with Crippen LogP contribution in [0.15, 0.2) is 67.3 Å². The summed E-state index contributed by atoms with van der Waals surface area (Å²) in [7, 11) is 0. The number of hydrogen-bond acceptors (Lipinski definition) is 2. The first-order valence-electron chi connectivity index (χ1n) is 8.44. The van der Waals surface area contributed by atoms with E-state index in [9.17, 15) is 4.79 Å². The molecule has 124 valence electrons. The van der Waals surface area contributed by atoms with Gasteiger partial charge in [0.1, 0.15) is 0 Å². The zero-order valence-electron chi connectivity index (χ0n) is 14.0. The van der Waals surface area contributed by atoms with Gasteiger partial charge < -0.3 is 4.74 Å². The largest absolute Gasteiger partial charge is 0.450 e. The van der Waals surface area contributed by atoms with E-state index in [0.717, 1.165) is 6.42 Å². The predicted octanol–water partition coefficient (Wildman–Crippen LogP) is 4.91. The van der Waals surface area contributed by atoms with Crippen molar-refractivity contribution in [1.82, 2.24) is 4.90 Å². The van der Waals surface area contributed by atoms with Crippen molar-refractivity contribution in [2.75, 3.05) is 13.2 Å². The van der Waals surface area contributed by atoms with E-state index in [1.807, 2.05) is 42.2 Å². The van der Waals surface area contributed by atoms with E-state index in [1.165, 1.54) is 16.7 Å². The van der Waals surface area contributed by atoms with Gasteiger partial charge in [-0.15, -0.1) is 6.58 Å². The van der Waals surface area contributed by atoms with Crippen LogP contribution in [0.3, 0.4) is 0 Å². The Hall–Kier alpha value is -2.55. The second kappa shape index (κ2) is 7.35. The van der Waals surface area contributed by atoms with Crippen molar-refractivity contribution in [3.05, 3.63) is 83.9 Å². The molecule has 0 saturated carbocycles. The van der Waals surface area contributed by atoms with Gasteiger partial charge in [-0.25, -0.2) is 4.79 Å². The second-order valence-electron chi connectivity index (χ2n) is 5.98. The number of nitrogens with zero attached hydrogens (tertiary/aromatic N) is 1. The first kappa shape index (κ1) is 16.3. The second-order valence-corrected chi connectivity index (χ2v) is 5.98. The Bertz CT molecular complexity index is 711. The van der Waals surface area contributed by atoms with Gasteiger partial charge in [0.25, 0.3) is 0 Å². The highest BCUT2D eigenvalue weighted by Gasteiger charge is 2.36. The summed E-state index contributed by atoms with van der Waals surface area (Å²) in [4.78, 5) is 14.4. The molecule has 0 radical (unpaired) electrons. The molecule has 0 unspecified atom stereocenters. The Morgan fingerprint density at radius 3 is 2.50 bits per heavy atom. The number of carbonyl (C=O) groups is 1.